The molecule has 1 saturated heterocycles. The largest absolute Gasteiger partial charge is 0.237 e. The van der Waals surface area contributed by atoms with Crippen LogP contribution in [0.5, 0.6) is 0 Å². The molecule has 2 saturated carbocycles. The number of hydrogen-bond acceptors (Lipinski definition) is 4. The Hall–Kier alpha value is -0.160. The molecule has 4 nitrogen and oxygen atoms in total. The summed E-state index contributed by atoms with van der Waals surface area (Å²) in [6.45, 7) is 4.43. The van der Waals surface area contributed by atoms with Gasteiger partial charge in [0.25, 0.3) is 0 Å². The molecule has 0 aromatic heterocycles. The maximum atomic E-state index is 5.99. The Labute approximate surface area is 134 Å². The highest BCUT2D eigenvalue weighted by Crippen LogP contribution is 2.50. The molecule has 2 aliphatic carbocycles. The molecule has 4 heteroatoms. The summed E-state index contributed by atoms with van der Waals surface area (Å²) in [7, 11) is 0. The first-order valence-electron chi connectivity index (χ1n) is 9.48. The molecule has 128 valence electrons. The zero-order valence-electron chi connectivity index (χ0n) is 14.3. The second-order valence-electron chi connectivity index (χ2n) is 7.42. The van der Waals surface area contributed by atoms with E-state index in [2.05, 4.69) is 13.8 Å². The molecule has 3 rings (SSSR count). The zero-order chi connectivity index (χ0) is 15.5. The van der Waals surface area contributed by atoms with E-state index in [-0.39, 0.29) is 0 Å². The smallest absolute Gasteiger partial charge is 0.195 e. The van der Waals surface area contributed by atoms with E-state index in [1.165, 1.54) is 12.8 Å². The van der Waals surface area contributed by atoms with E-state index >= 15 is 0 Å². The van der Waals surface area contributed by atoms with Crippen LogP contribution >= 0.6 is 0 Å². The predicted molar refractivity (Wildman–Crippen MR) is 83.5 cm³/mol. The van der Waals surface area contributed by atoms with Crippen molar-refractivity contribution in [3.8, 4) is 0 Å². The minimum Gasteiger partial charge on any atom is -0.195 e. The van der Waals surface area contributed by atoms with E-state index in [4.69, 9.17) is 19.6 Å². The third kappa shape index (κ3) is 3.08. The van der Waals surface area contributed by atoms with Crippen LogP contribution in [0.4, 0.5) is 0 Å². The average Bonchev–Trinajstić information content (AvgIpc) is 2.55. The fourth-order valence-corrected chi connectivity index (χ4v) is 4.55. The lowest BCUT2D eigenvalue weighted by Gasteiger charge is -2.51. The van der Waals surface area contributed by atoms with Gasteiger partial charge < -0.3 is 0 Å². The van der Waals surface area contributed by atoms with Gasteiger partial charge in [-0.15, -0.1) is 0 Å². The predicted octanol–water partition coefficient (Wildman–Crippen LogP) is 5.27. The minimum atomic E-state index is -0.659. The molecule has 0 bridgehead atoms. The van der Waals surface area contributed by atoms with Gasteiger partial charge in [0.2, 0.25) is 11.6 Å². The Morgan fingerprint density at radius 3 is 1.45 bits per heavy atom. The molecule has 0 N–H and O–H groups in total. The summed E-state index contributed by atoms with van der Waals surface area (Å²) >= 11 is 0. The fraction of sp³-hybridized carbons (Fsp3) is 1.00. The Morgan fingerprint density at radius 1 is 0.682 bits per heavy atom. The van der Waals surface area contributed by atoms with Crippen molar-refractivity contribution in [3.05, 3.63) is 0 Å². The van der Waals surface area contributed by atoms with Crippen molar-refractivity contribution in [3.63, 3.8) is 0 Å². The second kappa shape index (κ2) is 7.16. The molecule has 2 atom stereocenters. The molecule has 1 heterocycles. The maximum absolute atomic E-state index is 5.99. The molecule has 1 aliphatic heterocycles. The summed E-state index contributed by atoms with van der Waals surface area (Å²) in [6.07, 6.45) is 13.3. The monoisotopic (exact) mass is 312 g/mol. The Kier molecular flexibility index (Phi) is 5.43. The van der Waals surface area contributed by atoms with Crippen LogP contribution in [0.15, 0.2) is 0 Å². The van der Waals surface area contributed by atoms with Gasteiger partial charge in [0.15, 0.2) is 0 Å². The molecule has 22 heavy (non-hydrogen) atoms. The maximum Gasteiger partial charge on any atom is 0.237 e. The highest BCUT2D eigenvalue weighted by molar-refractivity contribution is 4.87. The van der Waals surface area contributed by atoms with E-state index < -0.39 is 11.6 Å². The van der Waals surface area contributed by atoms with Crippen LogP contribution in [0.2, 0.25) is 0 Å². The van der Waals surface area contributed by atoms with Crippen LogP contribution in [0.1, 0.15) is 90.9 Å². The molecular weight excluding hydrogens is 280 g/mol. The molecule has 0 radical (unpaired) electrons. The quantitative estimate of drug-likeness (QED) is 0.663. The molecular formula is C18H32O4. The molecule has 3 fully saturated rings. The Bertz CT molecular complexity index is 311. The Morgan fingerprint density at radius 2 is 1.09 bits per heavy atom. The molecule has 3 aliphatic rings. The highest BCUT2D eigenvalue weighted by atomic mass is 17.4. The van der Waals surface area contributed by atoms with Crippen molar-refractivity contribution in [2.45, 2.75) is 102 Å². The van der Waals surface area contributed by atoms with E-state index in [0.29, 0.717) is 11.8 Å². The normalized spacial score (nSPS) is 42.8. The molecule has 0 amide bonds. The molecule has 0 unspecified atom stereocenters. The van der Waals surface area contributed by atoms with Crippen LogP contribution in [0.25, 0.3) is 0 Å². The topological polar surface area (TPSA) is 36.9 Å². The Balaban J connectivity index is 1.69. The van der Waals surface area contributed by atoms with Crippen LogP contribution in [0.3, 0.4) is 0 Å². The van der Waals surface area contributed by atoms with Gasteiger partial charge in [-0.1, -0.05) is 39.5 Å². The first kappa shape index (κ1) is 16.7. The van der Waals surface area contributed by atoms with Gasteiger partial charge in [-0.3, -0.25) is 0 Å². The zero-order valence-corrected chi connectivity index (χ0v) is 14.3. The van der Waals surface area contributed by atoms with E-state index in [1.807, 2.05) is 0 Å². The van der Waals surface area contributed by atoms with Gasteiger partial charge in [-0.25, -0.2) is 0 Å². The summed E-state index contributed by atoms with van der Waals surface area (Å²) < 4.78 is 0. The lowest BCUT2D eigenvalue weighted by molar-refractivity contribution is -0.675. The van der Waals surface area contributed by atoms with E-state index in [1.54, 1.807) is 0 Å². The summed E-state index contributed by atoms with van der Waals surface area (Å²) in [5.41, 5.74) is 0. The van der Waals surface area contributed by atoms with Crippen molar-refractivity contribution in [1.29, 1.82) is 0 Å². The second-order valence-corrected chi connectivity index (χ2v) is 7.42. The third-order valence-corrected chi connectivity index (χ3v) is 5.82. The van der Waals surface area contributed by atoms with Gasteiger partial charge >= 0.3 is 0 Å². The number of rotatable bonds is 4. The van der Waals surface area contributed by atoms with Crippen LogP contribution in [-0.2, 0) is 19.6 Å². The third-order valence-electron chi connectivity index (χ3n) is 5.82. The fourth-order valence-electron chi connectivity index (χ4n) is 4.55. The summed E-state index contributed by atoms with van der Waals surface area (Å²) in [4.78, 5) is 24.0. The van der Waals surface area contributed by atoms with Gasteiger partial charge in [0, 0.05) is 24.7 Å². The van der Waals surface area contributed by atoms with E-state index in [9.17, 15) is 0 Å². The van der Waals surface area contributed by atoms with Crippen LogP contribution < -0.4 is 0 Å². The number of hydrogen-bond donors (Lipinski definition) is 0. The highest BCUT2D eigenvalue weighted by Gasteiger charge is 2.56. The van der Waals surface area contributed by atoms with Crippen LogP contribution in [-0.4, -0.2) is 11.6 Å². The van der Waals surface area contributed by atoms with E-state index in [0.717, 1.165) is 64.2 Å². The van der Waals surface area contributed by atoms with Crippen molar-refractivity contribution in [1.82, 2.24) is 0 Å². The lowest BCUT2D eigenvalue weighted by Crippen LogP contribution is -2.58. The van der Waals surface area contributed by atoms with Crippen molar-refractivity contribution in [2.24, 2.45) is 11.8 Å². The SMILES string of the molecule is CCC[C@@H]1CCCCC12OOC1(CCCC[C@@H]1CCC)OO2. The first-order chi connectivity index (χ1) is 10.7. The first-order valence-corrected chi connectivity index (χ1v) is 9.48. The summed E-state index contributed by atoms with van der Waals surface area (Å²) in [5.74, 6) is -0.546. The van der Waals surface area contributed by atoms with Crippen LogP contribution in [0, 0.1) is 11.8 Å². The standard InChI is InChI=1S/C18H32O4/c1-3-9-15-11-5-7-13-17(15)19-21-18(22-20-17)14-8-6-12-16(18)10-4-2/h15-16H,3-14H2,1-2H3/t15-,16+,17?,18?. The van der Waals surface area contributed by atoms with Crippen molar-refractivity contribution in [2.75, 3.05) is 0 Å². The van der Waals surface area contributed by atoms with Crippen molar-refractivity contribution >= 4 is 0 Å². The van der Waals surface area contributed by atoms with Gasteiger partial charge in [-0.05, 0) is 38.5 Å². The average molecular weight is 312 g/mol. The summed E-state index contributed by atoms with van der Waals surface area (Å²) in [6, 6.07) is 0. The lowest BCUT2D eigenvalue weighted by atomic mass is 9.80. The minimum absolute atomic E-state index is 0.386. The molecule has 2 spiro atoms. The summed E-state index contributed by atoms with van der Waals surface area (Å²) in [5, 5.41) is 0. The molecule has 0 aromatic carbocycles. The van der Waals surface area contributed by atoms with Gasteiger partial charge in [0.1, 0.15) is 0 Å². The van der Waals surface area contributed by atoms with Crippen molar-refractivity contribution < 1.29 is 19.6 Å². The molecule has 0 aromatic rings. The van der Waals surface area contributed by atoms with Gasteiger partial charge in [0.05, 0.1) is 0 Å². The van der Waals surface area contributed by atoms with Gasteiger partial charge in [-0.2, -0.15) is 19.6 Å².